The Kier molecular flexibility index (Phi) is 4.77. The van der Waals surface area contributed by atoms with E-state index in [0.717, 1.165) is 12.5 Å². The number of hydrogen-bond acceptors (Lipinski definition) is 6. The van der Waals surface area contributed by atoms with E-state index in [1.165, 1.54) is 7.11 Å². The molecular formula is C20H22N4O4. The summed E-state index contributed by atoms with van der Waals surface area (Å²) in [5.74, 6) is 1.07. The SMILES string of the molecule is CCn1ccnc1N1CCN(C(=O)c2cc3cccc(OC)c3oc2=O)CC1. The average Bonchev–Trinajstić information content (AvgIpc) is 3.21. The summed E-state index contributed by atoms with van der Waals surface area (Å²) in [6.45, 7) is 5.27. The summed E-state index contributed by atoms with van der Waals surface area (Å²) in [5.41, 5.74) is -0.252. The van der Waals surface area contributed by atoms with Crippen molar-refractivity contribution in [3.8, 4) is 5.75 Å². The molecule has 8 nitrogen and oxygen atoms in total. The van der Waals surface area contributed by atoms with Gasteiger partial charge in [0.25, 0.3) is 5.91 Å². The van der Waals surface area contributed by atoms with E-state index >= 15 is 0 Å². The van der Waals surface area contributed by atoms with Crippen molar-refractivity contribution in [2.45, 2.75) is 13.5 Å². The number of amides is 1. The first-order chi connectivity index (χ1) is 13.6. The minimum atomic E-state index is -0.647. The van der Waals surface area contributed by atoms with Crippen molar-refractivity contribution in [1.82, 2.24) is 14.5 Å². The number of methoxy groups -OCH3 is 1. The van der Waals surface area contributed by atoms with Gasteiger partial charge in [-0.25, -0.2) is 9.78 Å². The Labute approximate surface area is 161 Å². The fourth-order valence-corrected chi connectivity index (χ4v) is 3.54. The highest BCUT2D eigenvalue weighted by Gasteiger charge is 2.26. The highest BCUT2D eigenvalue weighted by atomic mass is 16.5. The lowest BCUT2D eigenvalue weighted by Gasteiger charge is -2.35. The van der Waals surface area contributed by atoms with E-state index < -0.39 is 5.63 Å². The van der Waals surface area contributed by atoms with Crippen LogP contribution in [0.3, 0.4) is 0 Å². The monoisotopic (exact) mass is 382 g/mol. The molecule has 0 spiro atoms. The molecule has 3 aromatic rings. The number of nitrogens with zero attached hydrogens (tertiary/aromatic N) is 4. The zero-order valence-corrected chi connectivity index (χ0v) is 15.9. The summed E-state index contributed by atoms with van der Waals surface area (Å²) < 4.78 is 12.7. The molecule has 1 amide bonds. The first-order valence-corrected chi connectivity index (χ1v) is 9.28. The number of ether oxygens (including phenoxy) is 1. The zero-order valence-electron chi connectivity index (χ0n) is 15.9. The van der Waals surface area contributed by atoms with E-state index in [1.807, 2.05) is 6.20 Å². The Hall–Kier alpha value is -3.29. The second-order valence-electron chi connectivity index (χ2n) is 6.62. The number of imidazole rings is 1. The molecule has 2 aromatic heterocycles. The number of piperazine rings is 1. The number of carbonyl (C=O) groups is 1. The molecule has 4 rings (SSSR count). The molecule has 0 bridgehead atoms. The number of benzene rings is 1. The molecule has 28 heavy (non-hydrogen) atoms. The number of carbonyl (C=O) groups excluding carboxylic acids is 1. The molecule has 0 aliphatic carbocycles. The van der Waals surface area contributed by atoms with Crippen LogP contribution in [0.5, 0.6) is 5.75 Å². The van der Waals surface area contributed by atoms with Crippen molar-refractivity contribution < 1.29 is 13.9 Å². The van der Waals surface area contributed by atoms with E-state index in [9.17, 15) is 9.59 Å². The molecule has 0 saturated carbocycles. The first kappa shape index (κ1) is 18.1. The topological polar surface area (TPSA) is 80.8 Å². The number of para-hydroxylation sites is 1. The summed E-state index contributed by atoms with van der Waals surface area (Å²) in [7, 11) is 1.51. The van der Waals surface area contributed by atoms with Crippen LogP contribution < -0.4 is 15.3 Å². The van der Waals surface area contributed by atoms with E-state index in [2.05, 4.69) is 21.4 Å². The van der Waals surface area contributed by atoms with Crippen LogP contribution in [-0.2, 0) is 6.54 Å². The van der Waals surface area contributed by atoms with E-state index in [4.69, 9.17) is 9.15 Å². The molecule has 1 fully saturated rings. The lowest BCUT2D eigenvalue weighted by atomic mass is 10.1. The van der Waals surface area contributed by atoms with Gasteiger partial charge in [-0.05, 0) is 19.1 Å². The van der Waals surface area contributed by atoms with Gasteiger partial charge in [0, 0.05) is 50.5 Å². The van der Waals surface area contributed by atoms with Gasteiger partial charge in [-0.2, -0.15) is 0 Å². The molecule has 8 heteroatoms. The second kappa shape index (κ2) is 7.38. The Bertz CT molecular complexity index is 1060. The maximum Gasteiger partial charge on any atom is 0.349 e. The number of anilines is 1. The van der Waals surface area contributed by atoms with Crippen LogP contribution in [-0.4, -0.2) is 53.6 Å². The Morgan fingerprint density at radius 1 is 1.25 bits per heavy atom. The Morgan fingerprint density at radius 2 is 2.04 bits per heavy atom. The van der Waals surface area contributed by atoms with Gasteiger partial charge >= 0.3 is 5.63 Å². The second-order valence-corrected chi connectivity index (χ2v) is 6.62. The van der Waals surface area contributed by atoms with Crippen LogP contribution in [0.25, 0.3) is 11.0 Å². The van der Waals surface area contributed by atoms with E-state index in [1.54, 1.807) is 35.4 Å². The van der Waals surface area contributed by atoms with Gasteiger partial charge in [0.15, 0.2) is 11.3 Å². The van der Waals surface area contributed by atoms with Crippen LogP contribution in [0, 0.1) is 0 Å². The fourth-order valence-electron chi connectivity index (χ4n) is 3.54. The lowest BCUT2D eigenvalue weighted by Crippen LogP contribution is -2.50. The van der Waals surface area contributed by atoms with Crippen molar-refractivity contribution in [2.24, 2.45) is 0 Å². The molecule has 146 valence electrons. The third-order valence-corrected chi connectivity index (χ3v) is 5.06. The predicted octanol–water partition coefficient (Wildman–Crippen LogP) is 1.98. The lowest BCUT2D eigenvalue weighted by molar-refractivity contribution is 0.0742. The predicted molar refractivity (Wildman–Crippen MR) is 105 cm³/mol. The minimum Gasteiger partial charge on any atom is -0.493 e. The number of aromatic nitrogens is 2. The average molecular weight is 382 g/mol. The van der Waals surface area contributed by atoms with E-state index in [-0.39, 0.29) is 11.5 Å². The van der Waals surface area contributed by atoms with Crippen molar-refractivity contribution in [3.05, 3.63) is 52.6 Å². The molecule has 3 heterocycles. The van der Waals surface area contributed by atoms with Crippen LogP contribution in [0.4, 0.5) is 5.95 Å². The van der Waals surface area contributed by atoms with Crippen molar-refractivity contribution >= 4 is 22.8 Å². The summed E-state index contributed by atoms with van der Waals surface area (Å²) in [6.07, 6.45) is 3.73. The number of hydrogen-bond donors (Lipinski definition) is 0. The molecule has 1 saturated heterocycles. The third-order valence-electron chi connectivity index (χ3n) is 5.06. The molecule has 0 N–H and O–H groups in total. The van der Waals surface area contributed by atoms with Gasteiger partial charge < -0.3 is 23.5 Å². The molecule has 1 aromatic carbocycles. The Balaban J connectivity index is 1.54. The Morgan fingerprint density at radius 3 is 2.75 bits per heavy atom. The van der Waals surface area contributed by atoms with Gasteiger partial charge in [0.05, 0.1) is 7.11 Å². The quantitative estimate of drug-likeness (QED) is 0.642. The highest BCUT2D eigenvalue weighted by molar-refractivity contribution is 5.97. The van der Waals surface area contributed by atoms with Crippen molar-refractivity contribution in [1.29, 1.82) is 0 Å². The number of fused-ring (bicyclic) bond motifs is 1. The molecule has 0 unspecified atom stereocenters. The normalized spacial score (nSPS) is 14.5. The minimum absolute atomic E-state index is 0.0456. The molecule has 0 atom stereocenters. The summed E-state index contributed by atoms with van der Waals surface area (Å²) in [6, 6.07) is 6.89. The highest BCUT2D eigenvalue weighted by Crippen LogP contribution is 2.25. The van der Waals surface area contributed by atoms with Gasteiger partial charge in [0.1, 0.15) is 5.56 Å². The summed E-state index contributed by atoms with van der Waals surface area (Å²) >= 11 is 0. The van der Waals surface area contributed by atoms with Crippen molar-refractivity contribution in [2.75, 3.05) is 38.2 Å². The molecular weight excluding hydrogens is 360 g/mol. The largest absolute Gasteiger partial charge is 0.493 e. The summed E-state index contributed by atoms with van der Waals surface area (Å²) in [4.78, 5) is 33.6. The third kappa shape index (κ3) is 3.11. The first-order valence-electron chi connectivity index (χ1n) is 9.28. The standard InChI is InChI=1S/C20H22N4O4/c1-3-22-8-7-21-20(22)24-11-9-23(10-12-24)18(25)15-13-14-5-4-6-16(27-2)17(14)28-19(15)26/h4-8,13H,3,9-12H2,1-2H3. The fraction of sp³-hybridized carbons (Fsp3) is 0.350. The smallest absolute Gasteiger partial charge is 0.349 e. The maximum absolute atomic E-state index is 12.9. The van der Waals surface area contributed by atoms with Crippen LogP contribution in [0.1, 0.15) is 17.3 Å². The molecule has 1 aliphatic heterocycles. The molecule has 1 aliphatic rings. The van der Waals surface area contributed by atoms with Gasteiger partial charge in [0.2, 0.25) is 5.95 Å². The summed E-state index contributed by atoms with van der Waals surface area (Å²) in [5, 5.41) is 0.658. The molecule has 0 radical (unpaired) electrons. The zero-order chi connectivity index (χ0) is 19.7. The van der Waals surface area contributed by atoms with Gasteiger partial charge in [-0.3, -0.25) is 4.79 Å². The van der Waals surface area contributed by atoms with Gasteiger partial charge in [-0.15, -0.1) is 0 Å². The van der Waals surface area contributed by atoms with Crippen LogP contribution in [0.15, 0.2) is 45.9 Å². The van der Waals surface area contributed by atoms with Gasteiger partial charge in [-0.1, -0.05) is 12.1 Å². The van der Waals surface area contributed by atoms with Crippen molar-refractivity contribution in [3.63, 3.8) is 0 Å². The van der Waals surface area contributed by atoms with E-state index in [0.29, 0.717) is 42.9 Å². The number of rotatable bonds is 4. The maximum atomic E-state index is 12.9. The van der Waals surface area contributed by atoms with Crippen LogP contribution in [0.2, 0.25) is 0 Å². The number of aryl methyl sites for hydroxylation is 1. The van der Waals surface area contributed by atoms with Crippen LogP contribution >= 0.6 is 0 Å².